The minimum atomic E-state index is -0.434. The predicted molar refractivity (Wildman–Crippen MR) is 118 cm³/mol. The molecule has 0 aliphatic carbocycles. The summed E-state index contributed by atoms with van der Waals surface area (Å²) in [5.74, 6) is -0.434. The van der Waals surface area contributed by atoms with Crippen LogP contribution in [0.2, 0.25) is 5.02 Å². The zero-order valence-corrected chi connectivity index (χ0v) is 16.3. The fourth-order valence-electron chi connectivity index (χ4n) is 2.29. The summed E-state index contributed by atoms with van der Waals surface area (Å²) in [6.07, 6.45) is 3.60. The fourth-order valence-corrected chi connectivity index (χ4v) is 2.42. The van der Waals surface area contributed by atoms with Gasteiger partial charge in [0.15, 0.2) is 5.11 Å². The average Bonchev–Trinajstić information content (AvgIpc) is 2.68. The van der Waals surface area contributed by atoms with Crippen LogP contribution in [0.3, 0.4) is 0 Å². The predicted octanol–water partition coefficient (Wildman–Crippen LogP) is 3.41. The molecule has 6 N–H and O–H groups in total. The molecule has 28 heavy (non-hydrogen) atoms. The molecular weight excluding hydrogens is 394 g/mol. The molecule has 1 amide bonds. The highest BCUT2D eigenvalue weighted by atomic mass is 35.5. The first-order valence-corrected chi connectivity index (χ1v) is 8.86. The summed E-state index contributed by atoms with van der Waals surface area (Å²) < 4.78 is 0. The molecule has 2 heterocycles. The number of pyridine rings is 2. The lowest BCUT2D eigenvalue weighted by atomic mass is 10.1. The number of halogens is 1. The smallest absolute Gasteiger partial charge is 0.248 e. The van der Waals surface area contributed by atoms with Crippen LogP contribution in [-0.4, -0.2) is 21.0 Å². The molecule has 0 bridgehead atoms. The van der Waals surface area contributed by atoms with Crippen molar-refractivity contribution in [1.82, 2.24) is 9.97 Å². The highest BCUT2D eigenvalue weighted by molar-refractivity contribution is 7.80. The third-order valence-electron chi connectivity index (χ3n) is 3.47. The Balaban J connectivity index is 0.000000176. The number of benzene rings is 2. The second-order valence-electron chi connectivity index (χ2n) is 5.49. The average molecular weight is 412 g/mol. The molecule has 6 nitrogen and oxygen atoms in total. The van der Waals surface area contributed by atoms with Gasteiger partial charge in [0.2, 0.25) is 5.91 Å². The number of rotatable bonds is 1. The van der Waals surface area contributed by atoms with E-state index in [-0.39, 0.29) is 5.11 Å². The maximum absolute atomic E-state index is 10.5. The number of carbonyl (C=O) groups is 1. The summed E-state index contributed by atoms with van der Waals surface area (Å²) >= 11 is 9.66. The zero-order valence-electron chi connectivity index (χ0n) is 14.7. The van der Waals surface area contributed by atoms with E-state index in [0.29, 0.717) is 10.6 Å². The summed E-state index contributed by atoms with van der Waals surface area (Å²) in [7, 11) is 0. The van der Waals surface area contributed by atoms with Gasteiger partial charge in [-0.1, -0.05) is 35.9 Å². The number of hydrogen-bond acceptors (Lipinski definition) is 4. The number of primary amides is 1. The van der Waals surface area contributed by atoms with Gasteiger partial charge < -0.3 is 17.2 Å². The Hall–Kier alpha value is -3.29. The molecule has 0 radical (unpaired) electrons. The first-order chi connectivity index (χ1) is 13.4. The number of hydrogen-bond donors (Lipinski definition) is 3. The Morgan fingerprint density at radius 3 is 1.61 bits per heavy atom. The first kappa shape index (κ1) is 21.0. The Labute approximate surface area is 172 Å². The Morgan fingerprint density at radius 2 is 1.21 bits per heavy atom. The molecule has 0 fully saturated rings. The van der Waals surface area contributed by atoms with Gasteiger partial charge in [0.1, 0.15) is 0 Å². The summed E-state index contributed by atoms with van der Waals surface area (Å²) in [5, 5.41) is 2.88. The van der Waals surface area contributed by atoms with Gasteiger partial charge in [-0.3, -0.25) is 14.8 Å². The van der Waals surface area contributed by atoms with Crippen LogP contribution < -0.4 is 17.2 Å². The molecule has 4 rings (SSSR count). The molecule has 0 unspecified atom stereocenters. The normalized spacial score (nSPS) is 9.61. The van der Waals surface area contributed by atoms with Crippen molar-refractivity contribution in [2.24, 2.45) is 17.2 Å². The lowest BCUT2D eigenvalue weighted by Gasteiger charge is -2.00. The molecule has 0 atom stereocenters. The minimum absolute atomic E-state index is 0.000000000000000222. The van der Waals surface area contributed by atoms with Gasteiger partial charge in [0, 0.05) is 33.8 Å². The quantitative estimate of drug-likeness (QED) is 0.326. The molecule has 2 aromatic heterocycles. The third-order valence-corrected chi connectivity index (χ3v) is 3.73. The van der Waals surface area contributed by atoms with Crippen molar-refractivity contribution in [3.63, 3.8) is 0 Å². The van der Waals surface area contributed by atoms with Crippen molar-refractivity contribution in [3.05, 3.63) is 83.6 Å². The Bertz CT molecular complexity index is 1040. The zero-order chi connectivity index (χ0) is 20.5. The van der Waals surface area contributed by atoms with Gasteiger partial charge in [-0.05, 0) is 48.6 Å². The van der Waals surface area contributed by atoms with E-state index in [1.165, 1.54) is 0 Å². The number of carbonyl (C=O) groups excluding carboxylic acids is 1. The van der Waals surface area contributed by atoms with E-state index in [2.05, 4.69) is 57.9 Å². The molecule has 0 aliphatic rings. The lowest BCUT2D eigenvalue weighted by molar-refractivity contribution is 0.100. The van der Waals surface area contributed by atoms with E-state index in [1.807, 2.05) is 12.1 Å². The van der Waals surface area contributed by atoms with Crippen molar-refractivity contribution in [2.45, 2.75) is 0 Å². The number of thiocarbonyl (C=S) groups is 1. The maximum Gasteiger partial charge on any atom is 0.248 e. The second-order valence-corrected chi connectivity index (χ2v) is 6.40. The van der Waals surface area contributed by atoms with Crippen LogP contribution in [0.15, 0.2) is 73.1 Å². The molecule has 142 valence electrons. The van der Waals surface area contributed by atoms with E-state index in [9.17, 15) is 4.79 Å². The Morgan fingerprint density at radius 1 is 0.786 bits per heavy atom. The van der Waals surface area contributed by atoms with Crippen LogP contribution in [0.1, 0.15) is 10.4 Å². The van der Waals surface area contributed by atoms with Crippen LogP contribution in [0, 0.1) is 0 Å². The van der Waals surface area contributed by atoms with E-state index in [0.717, 1.165) is 21.8 Å². The topological polar surface area (TPSA) is 121 Å². The van der Waals surface area contributed by atoms with E-state index in [4.69, 9.17) is 17.3 Å². The van der Waals surface area contributed by atoms with E-state index < -0.39 is 5.91 Å². The SMILES string of the molecule is NC(=O)c1ccc(Cl)cc1.NC(N)=S.c1cnc2c(c1)ccc1cccnc12. The number of nitrogens with two attached hydrogens (primary N) is 3. The molecule has 8 heteroatoms. The van der Waals surface area contributed by atoms with Crippen molar-refractivity contribution in [1.29, 1.82) is 0 Å². The molecule has 4 aromatic rings. The lowest BCUT2D eigenvalue weighted by Crippen LogP contribution is -2.18. The van der Waals surface area contributed by atoms with E-state index in [1.54, 1.807) is 36.7 Å². The number of amides is 1. The summed E-state index contributed by atoms with van der Waals surface area (Å²) in [4.78, 5) is 19.2. The highest BCUT2D eigenvalue weighted by Crippen LogP contribution is 2.20. The van der Waals surface area contributed by atoms with Crippen molar-refractivity contribution >= 4 is 56.6 Å². The molecule has 0 aliphatic heterocycles. The largest absolute Gasteiger partial charge is 0.377 e. The molecule has 0 saturated heterocycles. The number of fused-ring (bicyclic) bond motifs is 3. The summed E-state index contributed by atoms with van der Waals surface area (Å²) in [5.41, 5.74) is 16.7. The maximum atomic E-state index is 10.5. The highest BCUT2D eigenvalue weighted by Gasteiger charge is 2.00. The van der Waals surface area contributed by atoms with Gasteiger partial charge in [-0.15, -0.1) is 0 Å². The van der Waals surface area contributed by atoms with Gasteiger partial charge in [-0.2, -0.15) is 0 Å². The van der Waals surface area contributed by atoms with Gasteiger partial charge >= 0.3 is 0 Å². The minimum Gasteiger partial charge on any atom is -0.377 e. The van der Waals surface area contributed by atoms with Gasteiger partial charge in [0.05, 0.1) is 11.0 Å². The van der Waals surface area contributed by atoms with E-state index >= 15 is 0 Å². The van der Waals surface area contributed by atoms with Crippen molar-refractivity contribution in [2.75, 3.05) is 0 Å². The van der Waals surface area contributed by atoms with Crippen molar-refractivity contribution < 1.29 is 4.79 Å². The van der Waals surface area contributed by atoms with Crippen LogP contribution in [0.25, 0.3) is 21.8 Å². The van der Waals surface area contributed by atoms with Crippen LogP contribution >= 0.6 is 23.8 Å². The second kappa shape index (κ2) is 10.1. The van der Waals surface area contributed by atoms with Crippen LogP contribution in [0.4, 0.5) is 0 Å². The molecule has 0 spiro atoms. The summed E-state index contributed by atoms with van der Waals surface area (Å²) in [6.45, 7) is 0. The summed E-state index contributed by atoms with van der Waals surface area (Å²) in [6, 6.07) is 18.6. The van der Waals surface area contributed by atoms with Gasteiger partial charge in [0.25, 0.3) is 0 Å². The first-order valence-electron chi connectivity index (χ1n) is 8.07. The molecular formula is C20H18ClN5OS. The van der Waals surface area contributed by atoms with Crippen molar-refractivity contribution in [3.8, 4) is 0 Å². The number of nitrogens with zero attached hydrogens (tertiary/aromatic N) is 2. The van der Waals surface area contributed by atoms with Crippen LogP contribution in [0.5, 0.6) is 0 Å². The van der Waals surface area contributed by atoms with Gasteiger partial charge in [-0.25, -0.2) is 0 Å². The molecule has 2 aromatic carbocycles. The monoisotopic (exact) mass is 411 g/mol. The van der Waals surface area contributed by atoms with Crippen LogP contribution in [-0.2, 0) is 0 Å². The fraction of sp³-hybridized carbons (Fsp3) is 0. The Kier molecular flexibility index (Phi) is 7.62. The standard InChI is InChI=1S/C12H8N2.C7H6ClNO.CH4N2S/c1-3-9-5-6-10-4-2-8-14-12(10)11(9)13-7-1;8-6-3-1-5(2-4-6)7(9)10;2-1(3)4/h1-8H;1-4H,(H2,9,10);(H4,2,3,4). The number of aromatic nitrogens is 2. The third kappa shape index (κ3) is 6.15. The molecule has 0 saturated carbocycles.